The number of nitrogens with one attached hydrogen (secondary N) is 1. The van der Waals surface area contributed by atoms with E-state index in [2.05, 4.69) is 32.3 Å². The molecule has 0 saturated heterocycles. The Labute approximate surface area is 113 Å². The van der Waals surface area contributed by atoms with E-state index < -0.39 is 0 Å². The quantitative estimate of drug-likeness (QED) is 0.727. The minimum Gasteiger partial charge on any atom is -0.486 e. The summed E-state index contributed by atoms with van der Waals surface area (Å²) >= 11 is 0. The second-order valence-electron chi connectivity index (χ2n) is 6.44. The van der Waals surface area contributed by atoms with E-state index >= 15 is 0 Å². The Hall–Kier alpha value is -1.51. The van der Waals surface area contributed by atoms with Crippen LogP contribution < -0.4 is 10.3 Å². The Morgan fingerprint density at radius 3 is 2.95 bits per heavy atom. The number of fused-ring (bicyclic) bond motifs is 3. The van der Waals surface area contributed by atoms with Crippen molar-refractivity contribution in [2.75, 3.05) is 0 Å². The van der Waals surface area contributed by atoms with Crippen LogP contribution in [-0.4, -0.2) is 10.6 Å². The van der Waals surface area contributed by atoms with Gasteiger partial charge in [-0.3, -0.25) is 4.79 Å². The maximum Gasteiger partial charge on any atom is 0.255 e. The van der Waals surface area contributed by atoms with Gasteiger partial charge in [0, 0.05) is 12.1 Å². The third-order valence-corrected chi connectivity index (χ3v) is 4.78. The maximum atomic E-state index is 12.2. The van der Waals surface area contributed by atoms with Gasteiger partial charge in [0.05, 0.1) is 5.56 Å². The summed E-state index contributed by atoms with van der Waals surface area (Å²) in [6, 6.07) is 1.87. The van der Waals surface area contributed by atoms with Crippen molar-refractivity contribution >= 4 is 0 Å². The van der Waals surface area contributed by atoms with Crippen molar-refractivity contribution in [2.45, 2.75) is 45.1 Å². The van der Waals surface area contributed by atoms with Crippen LogP contribution in [0.3, 0.4) is 0 Å². The maximum absolute atomic E-state index is 12.2. The first kappa shape index (κ1) is 12.5. The van der Waals surface area contributed by atoms with Crippen molar-refractivity contribution in [1.29, 1.82) is 0 Å². The molecule has 3 heteroatoms. The van der Waals surface area contributed by atoms with Crippen molar-refractivity contribution in [3.8, 4) is 5.75 Å². The first-order valence-electron chi connectivity index (χ1n) is 7.00. The van der Waals surface area contributed by atoms with Crippen LogP contribution in [0, 0.1) is 11.8 Å². The fourth-order valence-electron chi connectivity index (χ4n) is 4.06. The molecule has 0 radical (unpaired) electrons. The predicted octanol–water partition coefficient (Wildman–Crippen LogP) is 3.23. The number of aromatic amines is 1. The minimum absolute atomic E-state index is 0.0135. The van der Waals surface area contributed by atoms with Gasteiger partial charge in [0.15, 0.2) is 0 Å². The zero-order chi connectivity index (χ0) is 13.8. The molecule has 2 aliphatic rings. The monoisotopic (exact) mass is 259 g/mol. The highest BCUT2D eigenvalue weighted by Crippen LogP contribution is 2.53. The van der Waals surface area contributed by atoms with Crippen LogP contribution in [0.1, 0.15) is 45.1 Å². The third-order valence-electron chi connectivity index (χ3n) is 4.78. The van der Waals surface area contributed by atoms with Gasteiger partial charge in [0.1, 0.15) is 11.4 Å². The molecule has 0 unspecified atom stereocenters. The molecule has 1 fully saturated rings. The smallest absolute Gasteiger partial charge is 0.255 e. The average Bonchev–Trinajstić information content (AvgIpc) is 2.56. The molecular formula is C16H21NO2. The molecule has 0 bridgehead atoms. The van der Waals surface area contributed by atoms with Crippen LogP contribution in [0.2, 0.25) is 0 Å². The SMILES string of the molecule is C=C1C[C@H](C)C[C@@]2(C)Oc3cc[nH]c(=O)c3[C@H]2[C@@H]1C. The summed E-state index contributed by atoms with van der Waals surface area (Å²) in [5.74, 6) is 1.69. The number of hydrogen-bond donors (Lipinski definition) is 1. The lowest BCUT2D eigenvalue weighted by atomic mass is 9.75. The summed E-state index contributed by atoms with van der Waals surface area (Å²) in [6.07, 6.45) is 3.66. The summed E-state index contributed by atoms with van der Waals surface area (Å²) in [6.45, 7) is 10.8. The van der Waals surface area contributed by atoms with E-state index in [1.807, 2.05) is 6.07 Å². The van der Waals surface area contributed by atoms with Crippen LogP contribution >= 0.6 is 0 Å². The standard InChI is InChI=1S/C16H21NO2/c1-9-7-10(2)11(3)14-13-12(5-6-17-15(13)18)19-16(14,4)8-9/h5-6,9,11,14H,2,7-8H2,1,3-4H3,(H,17,18)/t9-,11+,14+,16+/m0/s1. The third kappa shape index (κ3) is 1.75. The molecular weight excluding hydrogens is 238 g/mol. The second kappa shape index (κ2) is 3.99. The molecule has 3 rings (SSSR count). The molecule has 1 saturated carbocycles. The van der Waals surface area contributed by atoms with Crippen molar-refractivity contribution in [1.82, 2.24) is 4.98 Å². The van der Waals surface area contributed by atoms with E-state index in [4.69, 9.17) is 4.74 Å². The summed E-state index contributed by atoms with van der Waals surface area (Å²) in [7, 11) is 0. The fourth-order valence-corrected chi connectivity index (χ4v) is 4.06. The highest BCUT2D eigenvalue weighted by molar-refractivity contribution is 5.43. The first-order chi connectivity index (χ1) is 8.92. The lowest BCUT2D eigenvalue weighted by molar-refractivity contribution is 0.0595. The molecule has 1 N–H and O–H groups in total. The highest BCUT2D eigenvalue weighted by Gasteiger charge is 2.51. The second-order valence-corrected chi connectivity index (χ2v) is 6.44. The van der Waals surface area contributed by atoms with E-state index in [-0.39, 0.29) is 23.0 Å². The van der Waals surface area contributed by atoms with Gasteiger partial charge in [-0.05, 0) is 37.7 Å². The van der Waals surface area contributed by atoms with Crippen LogP contribution in [0.15, 0.2) is 29.2 Å². The highest BCUT2D eigenvalue weighted by atomic mass is 16.5. The van der Waals surface area contributed by atoms with Gasteiger partial charge >= 0.3 is 0 Å². The molecule has 102 valence electrons. The molecule has 19 heavy (non-hydrogen) atoms. The number of hydrogen-bond acceptors (Lipinski definition) is 2. The number of allylic oxidation sites excluding steroid dienone is 1. The number of aromatic nitrogens is 1. The summed E-state index contributed by atoms with van der Waals surface area (Å²) < 4.78 is 6.19. The number of pyridine rings is 1. The molecule has 1 aliphatic heterocycles. The van der Waals surface area contributed by atoms with Crippen molar-refractivity contribution in [3.05, 3.63) is 40.3 Å². The Balaban J connectivity index is 2.18. The zero-order valence-electron chi connectivity index (χ0n) is 11.8. The number of rotatable bonds is 0. The number of ether oxygens (including phenoxy) is 1. The van der Waals surface area contributed by atoms with Gasteiger partial charge in [0.25, 0.3) is 5.56 Å². The molecule has 3 nitrogen and oxygen atoms in total. The molecule has 0 amide bonds. The zero-order valence-corrected chi connectivity index (χ0v) is 11.8. The van der Waals surface area contributed by atoms with Crippen molar-refractivity contribution in [3.63, 3.8) is 0 Å². The topological polar surface area (TPSA) is 42.1 Å². The van der Waals surface area contributed by atoms with Crippen LogP contribution in [-0.2, 0) is 0 Å². The minimum atomic E-state index is -0.283. The van der Waals surface area contributed by atoms with Gasteiger partial charge in [-0.25, -0.2) is 0 Å². The van der Waals surface area contributed by atoms with E-state index in [9.17, 15) is 4.79 Å². The average molecular weight is 259 g/mol. The fraction of sp³-hybridized carbons (Fsp3) is 0.562. The molecule has 0 spiro atoms. The molecule has 1 aliphatic carbocycles. The Bertz CT molecular complexity index is 589. The van der Waals surface area contributed by atoms with Gasteiger partial charge in [-0.15, -0.1) is 0 Å². The van der Waals surface area contributed by atoms with E-state index in [0.717, 1.165) is 24.2 Å². The van der Waals surface area contributed by atoms with Gasteiger partial charge in [-0.1, -0.05) is 26.0 Å². The van der Waals surface area contributed by atoms with Crippen LogP contribution in [0.4, 0.5) is 0 Å². The lowest BCUT2D eigenvalue weighted by Crippen LogP contribution is -2.38. The molecule has 1 aromatic heterocycles. The first-order valence-corrected chi connectivity index (χ1v) is 7.00. The largest absolute Gasteiger partial charge is 0.486 e. The summed E-state index contributed by atoms with van der Waals surface area (Å²) in [5, 5.41) is 0. The lowest BCUT2D eigenvalue weighted by Gasteiger charge is -2.33. The molecule has 0 aromatic carbocycles. The van der Waals surface area contributed by atoms with Crippen molar-refractivity contribution < 1.29 is 4.74 Å². The summed E-state index contributed by atoms with van der Waals surface area (Å²) in [4.78, 5) is 15.0. The van der Waals surface area contributed by atoms with E-state index in [1.54, 1.807) is 6.20 Å². The molecule has 1 aromatic rings. The molecule has 2 heterocycles. The predicted molar refractivity (Wildman–Crippen MR) is 75.5 cm³/mol. The van der Waals surface area contributed by atoms with Crippen molar-refractivity contribution in [2.24, 2.45) is 11.8 Å². The Kier molecular flexibility index (Phi) is 2.63. The summed E-state index contributed by atoms with van der Waals surface area (Å²) in [5.41, 5.74) is 1.75. The van der Waals surface area contributed by atoms with Crippen LogP contribution in [0.5, 0.6) is 5.75 Å². The van der Waals surface area contributed by atoms with Crippen LogP contribution in [0.25, 0.3) is 0 Å². The molecule has 4 atom stereocenters. The van der Waals surface area contributed by atoms with Gasteiger partial charge in [-0.2, -0.15) is 0 Å². The normalized spacial score (nSPS) is 37.2. The Morgan fingerprint density at radius 1 is 1.47 bits per heavy atom. The van der Waals surface area contributed by atoms with Gasteiger partial charge in [0.2, 0.25) is 0 Å². The Morgan fingerprint density at radius 2 is 2.21 bits per heavy atom. The van der Waals surface area contributed by atoms with Gasteiger partial charge < -0.3 is 9.72 Å². The number of H-pyrrole nitrogens is 1. The van der Waals surface area contributed by atoms with E-state index in [0.29, 0.717) is 5.92 Å². The van der Waals surface area contributed by atoms with E-state index in [1.165, 1.54) is 5.57 Å².